The Bertz CT molecular complexity index is 325. The van der Waals surface area contributed by atoms with Crippen molar-refractivity contribution >= 4 is 11.6 Å². The molecule has 74 valence electrons. The predicted octanol–water partition coefficient (Wildman–Crippen LogP) is 2.06. The third kappa shape index (κ3) is 1.45. The zero-order valence-electron chi connectivity index (χ0n) is 8.16. The molecular weight excluding hydrogens is 176 g/mol. The number of fused-ring (bicyclic) bond motifs is 1. The van der Waals surface area contributed by atoms with Crippen molar-refractivity contribution < 1.29 is 9.59 Å². The monoisotopic (exact) mass is 190 g/mol. The van der Waals surface area contributed by atoms with Crippen molar-refractivity contribution in [1.29, 1.82) is 0 Å². The molecule has 0 unspecified atom stereocenters. The van der Waals surface area contributed by atoms with E-state index in [0.29, 0.717) is 18.6 Å². The summed E-state index contributed by atoms with van der Waals surface area (Å²) in [6.45, 7) is 3.68. The van der Waals surface area contributed by atoms with Crippen LogP contribution in [-0.2, 0) is 9.59 Å². The number of ketones is 2. The second kappa shape index (κ2) is 3.52. The van der Waals surface area contributed by atoms with Crippen LogP contribution in [0.4, 0.5) is 0 Å². The summed E-state index contributed by atoms with van der Waals surface area (Å²) in [7, 11) is 0. The third-order valence-electron chi connectivity index (χ3n) is 3.16. The van der Waals surface area contributed by atoms with E-state index in [1.54, 1.807) is 6.08 Å². The van der Waals surface area contributed by atoms with E-state index in [4.69, 9.17) is 0 Å². The molecule has 0 N–H and O–H groups in total. The molecule has 2 aliphatic carbocycles. The maximum Gasteiger partial charge on any atom is 0.155 e. The summed E-state index contributed by atoms with van der Waals surface area (Å²) < 4.78 is 0. The van der Waals surface area contributed by atoms with Crippen LogP contribution in [-0.4, -0.2) is 11.6 Å². The molecule has 0 saturated heterocycles. The van der Waals surface area contributed by atoms with Gasteiger partial charge in [0.05, 0.1) is 0 Å². The molecule has 1 saturated carbocycles. The van der Waals surface area contributed by atoms with Crippen LogP contribution in [0.1, 0.15) is 25.7 Å². The average molecular weight is 190 g/mol. The van der Waals surface area contributed by atoms with Crippen molar-refractivity contribution in [3.63, 3.8) is 0 Å². The maximum absolute atomic E-state index is 11.6. The highest BCUT2D eigenvalue weighted by Gasteiger charge is 2.38. The molecule has 2 rings (SSSR count). The van der Waals surface area contributed by atoms with Crippen molar-refractivity contribution in [2.75, 3.05) is 0 Å². The number of allylic oxidation sites excluding steroid dienone is 3. The van der Waals surface area contributed by atoms with Gasteiger partial charge >= 0.3 is 0 Å². The Hall–Kier alpha value is -1.18. The fourth-order valence-electron chi connectivity index (χ4n) is 2.59. The van der Waals surface area contributed by atoms with E-state index < -0.39 is 0 Å². The van der Waals surface area contributed by atoms with Crippen molar-refractivity contribution in [3.05, 3.63) is 24.3 Å². The van der Waals surface area contributed by atoms with Crippen LogP contribution in [0.15, 0.2) is 24.3 Å². The number of carbonyl (C=O) groups excluding carboxylic acids is 2. The molecule has 0 aromatic carbocycles. The molecule has 2 aliphatic rings. The lowest BCUT2D eigenvalue weighted by Crippen LogP contribution is -2.26. The van der Waals surface area contributed by atoms with Crippen LogP contribution >= 0.6 is 0 Å². The minimum atomic E-state index is 0.0331. The first-order chi connectivity index (χ1) is 6.72. The Kier molecular flexibility index (Phi) is 2.36. The first-order valence-corrected chi connectivity index (χ1v) is 5.09. The Morgan fingerprint density at radius 2 is 2.21 bits per heavy atom. The Labute approximate surface area is 83.7 Å². The minimum Gasteiger partial charge on any atom is -0.299 e. The van der Waals surface area contributed by atoms with Gasteiger partial charge in [0.2, 0.25) is 0 Å². The highest BCUT2D eigenvalue weighted by atomic mass is 16.1. The van der Waals surface area contributed by atoms with Gasteiger partial charge < -0.3 is 0 Å². The quantitative estimate of drug-likeness (QED) is 0.624. The molecule has 0 bridgehead atoms. The number of Topliss-reactive ketones (excluding diaryl/α,β-unsaturated/α-hetero) is 1. The second-order valence-corrected chi connectivity index (χ2v) is 4.12. The molecule has 0 aromatic rings. The summed E-state index contributed by atoms with van der Waals surface area (Å²) in [6.07, 6.45) is 6.22. The van der Waals surface area contributed by atoms with Crippen molar-refractivity contribution in [2.24, 2.45) is 11.8 Å². The van der Waals surface area contributed by atoms with Gasteiger partial charge in [-0.15, -0.1) is 6.58 Å². The fraction of sp³-hybridized carbons (Fsp3) is 0.500. The van der Waals surface area contributed by atoms with Gasteiger partial charge in [0, 0.05) is 18.8 Å². The van der Waals surface area contributed by atoms with Gasteiger partial charge in [-0.1, -0.05) is 11.6 Å². The van der Waals surface area contributed by atoms with Crippen LogP contribution < -0.4 is 0 Å². The number of rotatable bonds is 2. The Morgan fingerprint density at radius 1 is 1.43 bits per heavy atom. The Balaban J connectivity index is 2.28. The molecule has 1 fully saturated rings. The highest BCUT2D eigenvalue weighted by molar-refractivity contribution is 5.97. The maximum atomic E-state index is 11.6. The topological polar surface area (TPSA) is 34.1 Å². The molecule has 2 heteroatoms. The zero-order valence-corrected chi connectivity index (χ0v) is 8.16. The van der Waals surface area contributed by atoms with Gasteiger partial charge in [0.15, 0.2) is 5.78 Å². The van der Waals surface area contributed by atoms with E-state index in [1.165, 1.54) is 0 Å². The second-order valence-electron chi connectivity index (χ2n) is 4.12. The molecule has 0 radical (unpaired) electrons. The predicted molar refractivity (Wildman–Crippen MR) is 53.7 cm³/mol. The molecule has 2 nitrogen and oxygen atoms in total. The van der Waals surface area contributed by atoms with Crippen LogP contribution in [0.5, 0.6) is 0 Å². The summed E-state index contributed by atoms with van der Waals surface area (Å²) in [6, 6.07) is 0. The summed E-state index contributed by atoms with van der Waals surface area (Å²) in [4.78, 5) is 23.0. The number of hydrogen-bond donors (Lipinski definition) is 0. The van der Waals surface area contributed by atoms with E-state index in [9.17, 15) is 9.59 Å². The van der Waals surface area contributed by atoms with Gasteiger partial charge in [0.1, 0.15) is 5.78 Å². The third-order valence-corrected chi connectivity index (χ3v) is 3.16. The van der Waals surface area contributed by atoms with Crippen LogP contribution in [0.3, 0.4) is 0 Å². The van der Waals surface area contributed by atoms with Crippen molar-refractivity contribution in [1.82, 2.24) is 0 Å². The normalized spacial score (nSPS) is 31.3. The summed E-state index contributed by atoms with van der Waals surface area (Å²) >= 11 is 0. The van der Waals surface area contributed by atoms with Gasteiger partial charge in [-0.25, -0.2) is 0 Å². The molecule has 14 heavy (non-hydrogen) atoms. The molecule has 2 atom stereocenters. The average Bonchev–Trinajstić information content (AvgIpc) is 2.48. The van der Waals surface area contributed by atoms with Crippen LogP contribution in [0.2, 0.25) is 0 Å². The first-order valence-electron chi connectivity index (χ1n) is 5.09. The smallest absolute Gasteiger partial charge is 0.155 e. The largest absolute Gasteiger partial charge is 0.299 e. The van der Waals surface area contributed by atoms with Gasteiger partial charge in [0.25, 0.3) is 0 Å². The SMILES string of the molecule is C=CC[C@@H]1CC(=O)C=C2CCC(=O)[C@@H]21. The zero-order chi connectivity index (χ0) is 10.1. The molecule has 0 aromatic heterocycles. The molecule has 0 aliphatic heterocycles. The lowest BCUT2D eigenvalue weighted by atomic mass is 9.77. The van der Waals surface area contributed by atoms with Gasteiger partial charge in [-0.05, 0) is 24.8 Å². The van der Waals surface area contributed by atoms with Crippen LogP contribution in [0.25, 0.3) is 0 Å². The van der Waals surface area contributed by atoms with E-state index in [1.807, 2.05) is 6.08 Å². The standard InChI is InChI=1S/C12H14O2/c1-2-3-8-6-10(13)7-9-4-5-11(14)12(8)9/h2,7-8,12H,1,3-6H2/t8-,12-/m1/s1. The minimum absolute atomic E-state index is 0.0331. The number of hydrogen-bond acceptors (Lipinski definition) is 2. The molecular formula is C12H14O2. The lowest BCUT2D eigenvalue weighted by molar-refractivity contribution is -0.122. The van der Waals surface area contributed by atoms with Gasteiger partial charge in [-0.3, -0.25) is 9.59 Å². The lowest BCUT2D eigenvalue weighted by Gasteiger charge is -2.25. The van der Waals surface area contributed by atoms with Crippen molar-refractivity contribution in [2.45, 2.75) is 25.7 Å². The Morgan fingerprint density at radius 3 is 2.93 bits per heavy atom. The highest BCUT2D eigenvalue weighted by Crippen LogP contribution is 2.40. The fourth-order valence-corrected chi connectivity index (χ4v) is 2.59. The van der Waals surface area contributed by atoms with Crippen LogP contribution in [0, 0.1) is 11.8 Å². The summed E-state index contributed by atoms with van der Waals surface area (Å²) in [5, 5.41) is 0. The van der Waals surface area contributed by atoms with E-state index >= 15 is 0 Å². The summed E-state index contributed by atoms with van der Waals surface area (Å²) in [5.41, 5.74) is 1.07. The summed E-state index contributed by atoms with van der Waals surface area (Å²) in [5.74, 6) is 0.717. The van der Waals surface area contributed by atoms with E-state index in [-0.39, 0.29) is 17.6 Å². The first kappa shape index (κ1) is 9.38. The van der Waals surface area contributed by atoms with E-state index in [0.717, 1.165) is 18.4 Å². The molecule has 0 spiro atoms. The molecule has 0 heterocycles. The molecule has 0 amide bonds. The van der Waals surface area contributed by atoms with E-state index in [2.05, 4.69) is 6.58 Å². The number of carbonyl (C=O) groups is 2. The van der Waals surface area contributed by atoms with Crippen molar-refractivity contribution in [3.8, 4) is 0 Å². The van der Waals surface area contributed by atoms with Gasteiger partial charge in [-0.2, -0.15) is 0 Å².